The average Bonchev–Trinajstić information content (AvgIpc) is 3.90. The van der Waals surface area contributed by atoms with E-state index in [-0.39, 0.29) is 52.8 Å². The zero-order chi connectivity index (χ0) is 37.6. The molecule has 5 aromatic rings. The number of nitrogens with zero attached hydrogens (tertiary/aromatic N) is 7. The summed E-state index contributed by atoms with van der Waals surface area (Å²) in [5.74, 6) is 1.37. The van der Waals surface area contributed by atoms with E-state index >= 15 is 4.39 Å². The summed E-state index contributed by atoms with van der Waals surface area (Å²) in [6.07, 6.45) is 1.62. The van der Waals surface area contributed by atoms with Crippen molar-refractivity contribution in [1.82, 2.24) is 40.5 Å². The van der Waals surface area contributed by atoms with Crippen LogP contribution in [0.25, 0.3) is 33.1 Å². The first-order valence-electron chi connectivity index (χ1n) is 18.5. The van der Waals surface area contributed by atoms with Crippen LogP contribution >= 0.6 is 0 Å². The molecule has 0 spiro atoms. The number of H-pyrrole nitrogens is 1. The van der Waals surface area contributed by atoms with Crippen molar-refractivity contribution in [3.63, 3.8) is 0 Å². The van der Waals surface area contributed by atoms with Gasteiger partial charge < -0.3 is 29.0 Å². The van der Waals surface area contributed by atoms with Crippen molar-refractivity contribution in [3.8, 4) is 28.9 Å². The molecule has 288 valence electrons. The number of rotatable bonds is 12. The normalized spacial score (nSPS) is 20.3. The van der Waals surface area contributed by atoms with Crippen molar-refractivity contribution in [2.24, 2.45) is 11.8 Å². The first kappa shape index (κ1) is 36.2. The summed E-state index contributed by atoms with van der Waals surface area (Å²) < 4.78 is 79.1. The monoisotopic (exact) mass is 753 g/mol. The lowest BCUT2D eigenvalue weighted by Gasteiger charge is -2.34. The van der Waals surface area contributed by atoms with Crippen LogP contribution in [-0.4, -0.2) is 99.6 Å². The Morgan fingerprint density at radius 3 is 2.50 bits per heavy atom. The van der Waals surface area contributed by atoms with E-state index in [9.17, 15) is 13.2 Å². The number of fused-ring (bicyclic) bond motifs is 4. The van der Waals surface area contributed by atoms with Crippen molar-refractivity contribution in [3.05, 3.63) is 42.2 Å². The van der Waals surface area contributed by atoms with Gasteiger partial charge in [-0.25, -0.2) is 4.39 Å². The highest BCUT2D eigenvalue weighted by Gasteiger charge is 2.36. The number of alkyl halides is 3. The van der Waals surface area contributed by atoms with Gasteiger partial charge in [0.25, 0.3) is 5.88 Å². The average molecular weight is 754 g/mol. The minimum Gasteiger partial charge on any atom is -0.475 e. The summed E-state index contributed by atoms with van der Waals surface area (Å²) in [4.78, 5) is 18.0. The van der Waals surface area contributed by atoms with E-state index in [1.165, 1.54) is 18.5 Å². The molecule has 3 aliphatic heterocycles. The molecule has 3 unspecified atom stereocenters. The minimum absolute atomic E-state index is 0.0187. The molecule has 3 aliphatic rings. The van der Waals surface area contributed by atoms with E-state index in [0.29, 0.717) is 60.7 Å². The Morgan fingerprint density at radius 1 is 0.981 bits per heavy atom. The van der Waals surface area contributed by atoms with Gasteiger partial charge in [0.15, 0.2) is 5.82 Å². The molecule has 3 atom stereocenters. The number of aromatic amines is 1. The first-order valence-corrected chi connectivity index (χ1v) is 18.5. The van der Waals surface area contributed by atoms with E-state index in [2.05, 4.69) is 65.9 Å². The van der Waals surface area contributed by atoms with Gasteiger partial charge in [0.1, 0.15) is 35.1 Å². The number of likely N-dealkylation sites (tertiary alicyclic amines) is 1. The lowest BCUT2D eigenvalue weighted by Crippen LogP contribution is -2.51. The van der Waals surface area contributed by atoms with Crippen molar-refractivity contribution >= 4 is 27.6 Å². The number of anilines is 1. The van der Waals surface area contributed by atoms with Crippen LogP contribution in [0.1, 0.15) is 58.1 Å². The molecule has 1 aromatic carbocycles. The third-order valence-electron chi connectivity index (χ3n) is 11.0. The number of halogens is 4. The molecular formula is C37H43F4N9O4. The van der Waals surface area contributed by atoms with E-state index in [1.807, 2.05) is 6.07 Å². The molecule has 4 aromatic heterocycles. The molecule has 17 heteroatoms. The van der Waals surface area contributed by atoms with Gasteiger partial charge in [0.05, 0.1) is 29.3 Å². The van der Waals surface area contributed by atoms with Gasteiger partial charge in [-0.2, -0.15) is 15.1 Å². The van der Waals surface area contributed by atoms with Crippen LogP contribution in [0.2, 0.25) is 0 Å². The highest BCUT2D eigenvalue weighted by atomic mass is 19.4. The Kier molecular flexibility index (Phi) is 9.93. The Morgan fingerprint density at radius 2 is 1.76 bits per heavy atom. The molecular weight excluding hydrogens is 710 g/mol. The molecule has 2 N–H and O–H groups in total. The second-order valence-electron chi connectivity index (χ2n) is 14.9. The largest absolute Gasteiger partial charge is 0.573 e. The SMILES string of the molecule is CC(C)C(C)c1cc(OCC2CCN(CCOc3nc(N4CC5CCC(C4)N5)c4cnc(-c5c(OC(F)(F)F)ccc6[nH]ncc56)c(F)c4n3)CC2)no1. The lowest BCUT2D eigenvalue weighted by atomic mass is 9.96. The van der Waals surface area contributed by atoms with Crippen LogP contribution in [0.3, 0.4) is 0 Å². The Balaban J connectivity index is 0.994. The number of hydrogen-bond donors (Lipinski definition) is 2. The van der Waals surface area contributed by atoms with Gasteiger partial charge in [-0.3, -0.25) is 15.0 Å². The fourth-order valence-corrected chi connectivity index (χ4v) is 7.65. The number of pyridine rings is 1. The van der Waals surface area contributed by atoms with Crippen LogP contribution in [-0.2, 0) is 0 Å². The van der Waals surface area contributed by atoms with Crippen LogP contribution in [0.5, 0.6) is 17.6 Å². The minimum atomic E-state index is -5.02. The van der Waals surface area contributed by atoms with Gasteiger partial charge in [0.2, 0.25) is 0 Å². The summed E-state index contributed by atoms with van der Waals surface area (Å²) in [7, 11) is 0. The second kappa shape index (κ2) is 14.8. The van der Waals surface area contributed by atoms with Crippen molar-refractivity contribution in [2.45, 2.75) is 70.8 Å². The number of nitrogens with one attached hydrogen (secondary N) is 2. The number of piperazine rings is 1. The fraction of sp³-hybridized carbons (Fsp3) is 0.541. The molecule has 3 fully saturated rings. The summed E-state index contributed by atoms with van der Waals surface area (Å²) in [5.41, 5.74) is -0.267. The highest BCUT2D eigenvalue weighted by molar-refractivity contribution is 6.00. The number of aromatic nitrogens is 6. The molecule has 0 saturated carbocycles. The predicted octanol–water partition coefficient (Wildman–Crippen LogP) is 6.46. The van der Waals surface area contributed by atoms with Crippen LogP contribution in [0, 0.1) is 17.7 Å². The summed E-state index contributed by atoms with van der Waals surface area (Å²) in [6, 6.07) is 4.87. The highest BCUT2D eigenvalue weighted by Crippen LogP contribution is 2.41. The molecule has 3 saturated heterocycles. The smallest absolute Gasteiger partial charge is 0.475 e. The fourth-order valence-electron chi connectivity index (χ4n) is 7.65. The van der Waals surface area contributed by atoms with Crippen molar-refractivity contribution in [2.75, 3.05) is 50.8 Å². The number of ether oxygens (including phenoxy) is 3. The van der Waals surface area contributed by atoms with Gasteiger partial charge >= 0.3 is 12.4 Å². The topological polar surface area (TPSA) is 140 Å². The quantitative estimate of drug-likeness (QED) is 0.135. The van der Waals surface area contributed by atoms with Gasteiger partial charge in [-0.05, 0) is 67.9 Å². The van der Waals surface area contributed by atoms with Gasteiger partial charge in [-0.15, -0.1) is 13.2 Å². The van der Waals surface area contributed by atoms with E-state index in [0.717, 1.165) is 50.6 Å². The van der Waals surface area contributed by atoms with Gasteiger partial charge in [-0.1, -0.05) is 20.8 Å². The molecule has 54 heavy (non-hydrogen) atoms. The maximum Gasteiger partial charge on any atom is 0.573 e. The Bertz CT molecular complexity index is 2090. The molecule has 0 radical (unpaired) electrons. The number of hydrogen-bond acceptors (Lipinski definition) is 12. The number of benzene rings is 1. The third kappa shape index (κ3) is 7.60. The lowest BCUT2D eigenvalue weighted by molar-refractivity contribution is -0.274. The third-order valence-corrected chi connectivity index (χ3v) is 11.0. The van der Waals surface area contributed by atoms with Crippen LogP contribution in [0.15, 0.2) is 35.1 Å². The predicted molar refractivity (Wildman–Crippen MR) is 191 cm³/mol. The van der Waals surface area contributed by atoms with Crippen molar-refractivity contribution in [1.29, 1.82) is 0 Å². The van der Waals surface area contributed by atoms with E-state index < -0.39 is 17.9 Å². The summed E-state index contributed by atoms with van der Waals surface area (Å²) in [6.45, 7) is 10.8. The Labute approximate surface area is 308 Å². The second-order valence-corrected chi connectivity index (χ2v) is 14.9. The van der Waals surface area contributed by atoms with Crippen LogP contribution < -0.4 is 24.4 Å². The Hall–Kier alpha value is -4.77. The number of piperidine rings is 1. The zero-order valence-corrected chi connectivity index (χ0v) is 30.3. The maximum atomic E-state index is 16.7. The molecule has 0 aliphatic carbocycles. The van der Waals surface area contributed by atoms with E-state index in [4.69, 9.17) is 19.0 Å². The maximum absolute atomic E-state index is 16.7. The van der Waals surface area contributed by atoms with Crippen LogP contribution in [0.4, 0.5) is 23.4 Å². The summed E-state index contributed by atoms with van der Waals surface area (Å²) >= 11 is 0. The molecule has 8 rings (SSSR count). The molecule has 2 bridgehead atoms. The molecule has 0 amide bonds. The standard InChI is InChI=1S/C37H43F4N9O4/c1-20(2)21(3)29-14-30(48-54-29)52-19-22-8-10-49(11-9-22)12-13-51-36-45-33-26(35(46-36)50-17-23-4-5-24(18-50)44-23)15-42-34(32(33)38)31-25-16-43-47-27(25)6-7-28(31)53-37(39,40)41/h6-7,14-16,20-24,44H,4-5,8-13,17-19H2,1-3H3,(H,43,47). The zero-order valence-electron chi connectivity index (χ0n) is 30.3. The van der Waals surface area contributed by atoms with E-state index in [1.54, 1.807) is 0 Å². The summed E-state index contributed by atoms with van der Waals surface area (Å²) in [5, 5.41) is 14.9. The van der Waals surface area contributed by atoms with Crippen molar-refractivity contribution < 1.29 is 36.3 Å². The van der Waals surface area contributed by atoms with Gasteiger partial charge in [0, 0.05) is 55.3 Å². The first-order chi connectivity index (χ1) is 26.0. The molecule has 13 nitrogen and oxygen atoms in total. The molecule has 7 heterocycles.